The highest BCUT2D eigenvalue weighted by Gasteiger charge is 2.59. The molecular formula is C14H18FNO3S. The highest BCUT2D eigenvalue weighted by Crippen LogP contribution is 2.49. The fourth-order valence-electron chi connectivity index (χ4n) is 3.09. The van der Waals surface area contributed by atoms with Crippen molar-refractivity contribution in [3.8, 4) is 0 Å². The lowest BCUT2D eigenvalue weighted by Crippen LogP contribution is -2.43. The Hall–Kier alpha value is -0.980. The number of rotatable bonds is 5. The van der Waals surface area contributed by atoms with E-state index in [0.29, 0.717) is 24.3 Å². The van der Waals surface area contributed by atoms with Crippen LogP contribution in [-0.4, -0.2) is 44.2 Å². The Labute approximate surface area is 118 Å². The van der Waals surface area contributed by atoms with E-state index in [1.807, 2.05) is 6.92 Å². The molecule has 0 atom stereocenters. The van der Waals surface area contributed by atoms with E-state index in [1.54, 1.807) is 24.3 Å². The second-order valence-corrected chi connectivity index (χ2v) is 7.54. The molecule has 1 aliphatic carbocycles. The summed E-state index contributed by atoms with van der Waals surface area (Å²) in [5.41, 5.74) is 0.576. The van der Waals surface area contributed by atoms with Gasteiger partial charge in [0.2, 0.25) is 10.0 Å². The van der Waals surface area contributed by atoms with Crippen molar-refractivity contribution in [3.63, 3.8) is 0 Å². The molecule has 2 heterocycles. The number of benzene rings is 1. The molecule has 1 aromatic rings. The van der Waals surface area contributed by atoms with E-state index in [-0.39, 0.29) is 12.6 Å². The van der Waals surface area contributed by atoms with Crippen LogP contribution >= 0.6 is 0 Å². The zero-order valence-corrected chi connectivity index (χ0v) is 12.2. The molecule has 0 N–H and O–H groups in total. The number of halogens is 1. The molecule has 4 nitrogen and oxygen atoms in total. The summed E-state index contributed by atoms with van der Waals surface area (Å²) in [4.78, 5) is 0.316. The number of hydrogen-bond acceptors (Lipinski definition) is 3. The van der Waals surface area contributed by atoms with Gasteiger partial charge in [-0.1, -0.05) is 17.7 Å². The number of sulfonamides is 1. The van der Waals surface area contributed by atoms with Gasteiger partial charge in [-0.2, -0.15) is 4.31 Å². The number of ether oxygens (including phenoxy) is 1. The molecule has 6 heteroatoms. The first-order chi connectivity index (χ1) is 9.47. The van der Waals surface area contributed by atoms with Crippen LogP contribution < -0.4 is 0 Å². The second-order valence-electron chi connectivity index (χ2n) is 5.65. The largest absolute Gasteiger partial charge is 0.371 e. The number of fused-ring (bicyclic) bond motifs is 1. The fraction of sp³-hybridized carbons (Fsp3) is 0.571. The lowest BCUT2D eigenvalue weighted by Gasteiger charge is -2.36. The quantitative estimate of drug-likeness (QED) is 0.834. The van der Waals surface area contributed by atoms with E-state index in [2.05, 4.69) is 0 Å². The van der Waals surface area contributed by atoms with E-state index in [1.165, 1.54) is 4.31 Å². The molecule has 110 valence electrons. The summed E-state index contributed by atoms with van der Waals surface area (Å²) >= 11 is 0. The minimum atomic E-state index is -3.47. The molecule has 2 bridgehead atoms. The van der Waals surface area contributed by atoms with Crippen LogP contribution in [0.3, 0.4) is 0 Å². The van der Waals surface area contributed by atoms with Gasteiger partial charge in [-0.05, 0) is 31.9 Å². The molecule has 2 saturated heterocycles. The van der Waals surface area contributed by atoms with Gasteiger partial charge < -0.3 is 4.74 Å². The van der Waals surface area contributed by atoms with Crippen LogP contribution in [0.2, 0.25) is 0 Å². The van der Waals surface area contributed by atoms with Crippen LogP contribution in [-0.2, 0) is 14.8 Å². The Morgan fingerprint density at radius 2 is 2.00 bits per heavy atom. The molecule has 0 radical (unpaired) electrons. The molecule has 3 fully saturated rings. The van der Waals surface area contributed by atoms with E-state index >= 15 is 0 Å². The fourth-order valence-corrected chi connectivity index (χ4v) is 4.79. The average molecular weight is 299 g/mol. The number of nitrogens with zero attached hydrogens (tertiary/aromatic N) is 1. The third-order valence-corrected chi connectivity index (χ3v) is 6.09. The Morgan fingerprint density at radius 1 is 1.35 bits per heavy atom. The summed E-state index contributed by atoms with van der Waals surface area (Å²) in [6.45, 7) is 1.78. The molecule has 4 rings (SSSR count). The third kappa shape index (κ3) is 2.16. The highest BCUT2D eigenvalue weighted by molar-refractivity contribution is 7.89. The summed E-state index contributed by atoms with van der Waals surface area (Å²) in [5, 5.41) is 0. The van der Waals surface area contributed by atoms with Gasteiger partial charge in [-0.15, -0.1) is 0 Å². The molecule has 2 aliphatic heterocycles. The van der Waals surface area contributed by atoms with Crippen molar-refractivity contribution in [2.24, 2.45) is 0 Å². The number of hydrogen-bond donors (Lipinski definition) is 0. The van der Waals surface area contributed by atoms with Gasteiger partial charge in [0.15, 0.2) is 0 Å². The SMILES string of the molecule is Cc1ccc(S(=O)(=O)N2CC3(OCCF)CC2C3)cc1. The molecule has 0 amide bonds. The normalized spacial score (nSPS) is 29.4. The zero-order chi connectivity index (χ0) is 14.4. The molecule has 3 aliphatic rings. The van der Waals surface area contributed by atoms with Gasteiger partial charge in [-0.25, -0.2) is 12.8 Å². The van der Waals surface area contributed by atoms with E-state index in [9.17, 15) is 12.8 Å². The lowest BCUT2D eigenvalue weighted by molar-refractivity contribution is -0.0717. The minimum absolute atomic E-state index is 0.000847. The predicted molar refractivity (Wildman–Crippen MR) is 72.8 cm³/mol. The van der Waals surface area contributed by atoms with Gasteiger partial charge in [0.25, 0.3) is 0 Å². The first-order valence-electron chi connectivity index (χ1n) is 6.75. The number of aryl methyl sites for hydroxylation is 1. The van der Waals surface area contributed by atoms with Crippen molar-refractivity contribution in [3.05, 3.63) is 29.8 Å². The molecule has 20 heavy (non-hydrogen) atoms. The van der Waals surface area contributed by atoms with Crippen molar-refractivity contribution >= 4 is 10.0 Å². The Balaban J connectivity index is 1.79. The van der Waals surface area contributed by atoms with Gasteiger partial charge in [0.05, 0.1) is 17.1 Å². The van der Waals surface area contributed by atoms with Crippen molar-refractivity contribution in [2.75, 3.05) is 19.8 Å². The average Bonchev–Trinajstić information content (AvgIpc) is 2.93. The Bertz CT molecular complexity index is 593. The summed E-state index contributed by atoms with van der Waals surface area (Å²) < 4.78 is 44.4. The van der Waals surface area contributed by atoms with Crippen molar-refractivity contribution in [1.29, 1.82) is 0 Å². The topological polar surface area (TPSA) is 46.6 Å². The molecular weight excluding hydrogens is 281 g/mol. The first kappa shape index (κ1) is 14.0. The lowest BCUT2D eigenvalue weighted by atomic mass is 9.81. The summed E-state index contributed by atoms with van der Waals surface area (Å²) in [6, 6.07) is 6.86. The van der Waals surface area contributed by atoms with Crippen LogP contribution in [0, 0.1) is 6.92 Å². The highest BCUT2D eigenvalue weighted by atomic mass is 32.2. The van der Waals surface area contributed by atoms with Crippen LogP contribution in [0.5, 0.6) is 0 Å². The Morgan fingerprint density at radius 3 is 2.60 bits per heavy atom. The van der Waals surface area contributed by atoms with Crippen LogP contribution in [0.15, 0.2) is 29.2 Å². The van der Waals surface area contributed by atoms with Gasteiger partial charge in [-0.3, -0.25) is 0 Å². The molecule has 0 aromatic heterocycles. The van der Waals surface area contributed by atoms with Crippen molar-refractivity contribution in [2.45, 2.75) is 36.3 Å². The van der Waals surface area contributed by atoms with Crippen LogP contribution in [0.4, 0.5) is 4.39 Å². The van der Waals surface area contributed by atoms with E-state index in [4.69, 9.17) is 4.74 Å². The predicted octanol–water partition coefficient (Wildman–Crippen LogP) is 1.89. The zero-order valence-electron chi connectivity index (χ0n) is 11.4. The minimum Gasteiger partial charge on any atom is -0.371 e. The maximum Gasteiger partial charge on any atom is 0.243 e. The number of alkyl halides is 1. The molecule has 0 unspecified atom stereocenters. The van der Waals surface area contributed by atoms with Gasteiger partial charge in [0.1, 0.15) is 6.67 Å². The summed E-state index contributed by atoms with van der Waals surface area (Å²) in [6.07, 6.45) is 1.36. The molecule has 1 aromatic carbocycles. The first-order valence-corrected chi connectivity index (χ1v) is 8.19. The Kier molecular flexibility index (Phi) is 3.35. The summed E-state index contributed by atoms with van der Waals surface area (Å²) in [7, 11) is -3.47. The van der Waals surface area contributed by atoms with E-state index in [0.717, 1.165) is 5.56 Å². The smallest absolute Gasteiger partial charge is 0.243 e. The molecule has 0 spiro atoms. The third-order valence-electron chi connectivity index (χ3n) is 4.18. The van der Waals surface area contributed by atoms with Crippen LogP contribution in [0.1, 0.15) is 18.4 Å². The van der Waals surface area contributed by atoms with E-state index < -0.39 is 22.3 Å². The van der Waals surface area contributed by atoms with Crippen molar-refractivity contribution < 1.29 is 17.5 Å². The maximum absolute atomic E-state index is 12.6. The molecule has 1 saturated carbocycles. The standard InChI is InChI=1S/C14H18FNO3S/c1-11-2-4-13(5-3-11)20(17,18)16-10-14(19-7-6-15)8-12(16)9-14/h2-5,12H,6-10H2,1H3. The van der Waals surface area contributed by atoms with Crippen molar-refractivity contribution in [1.82, 2.24) is 4.31 Å². The summed E-state index contributed by atoms with van der Waals surface area (Å²) in [5.74, 6) is 0. The second kappa shape index (κ2) is 4.79. The van der Waals surface area contributed by atoms with Crippen LogP contribution in [0.25, 0.3) is 0 Å². The van der Waals surface area contributed by atoms with Gasteiger partial charge >= 0.3 is 0 Å². The van der Waals surface area contributed by atoms with Gasteiger partial charge in [0, 0.05) is 12.6 Å². The monoisotopic (exact) mass is 299 g/mol. The maximum atomic E-state index is 12.6.